The maximum Gasteiger partial charge on any atom is 0.349 e. The first-order valence-electron chi connectivity index (χ1n) is 7.64. The lowest BCUT2D eigenvalue weighted by Crippen LogP contribution is -2.33. The summed E-state index contributed by atoms with van der Waals surface area (Å²) in [5, 5.41) is 13.2. The molecule has 7 nitrogen and oxygen atoms in total. The van der Waals surface area contributed by atoms with Gasteiger partial charge in [-0.1, -0.05) is 42.5 Å². The van der Waals surface area contributed by atoms with Crippen LogP contribution in [-0.2, 0) is 25.6 Å². The van der Waals surface area contributed by atoms with Crippen LogP contribution in [0.4, 0.5) is 0 Å². The third-order valence-electron chi connectivity index (χ3n) is 3.31. The second-order valence-electron chi connectivity index (χ2n) is 5.15. The van der Waals surface area contributed by atoms with Gasteiger partial charge in [0.05, 0.1) is 6.42 Å². The number of carboxylic acid groups (broad SMARTS) is 1. The zero-order chi connectivity index (χ0) is 18.1. The smallest absolute Gasteiger partial charge is 0.349 e. The van der Waals surface area contributed by atoms with Crippen molar-refractivity contribution in [2.45, 2.75) is 6.42 Å². The number of carbonyl (C=O) groups excluding carboxylic acids is 2. The Kier molecular flexibility index (Phi) is 6.67. The van der Waals surface area contributed by atoms with E-state index in [1.165, 1.54) is 0 Å². The van der Waals surface area contributed by atoms with E-state index in [4.69, 9.17) is 5.11 Å². The molecule has 7 heteroatoms. The van der Waals surface area contributed by atoms with Gasteiger partial charge in [-0.3, -0.25) is 4.79 Å². The van der Waals surface area contributed by atoms with Crippen LogP contribution in [0.2, 0.25) is 0 Å². The summed E-state index contributed by atoms with van der Waals surface area (Å²) >= 11 is 0. The molecule has 25 heavy (non-hydrogen) atoms. The fourth-order valence-electron chi connectivity index (χ4n) is 2.23. The highest BCUT2D eigenvalue weighted by Crippen LogP contribution is 2.18. The van der Waals surface area contributed by atoms with Gasteiger partial charge in [0.25, 0.3) is 0 Å². The molecule has 2 aromatic rings. The van der Waals surface area contributed by atoms with Gasteiger partial charge >= 0.3 is 11.9 Å². The van der Waals surface area contributed by atoms with Crippen molar-refractivity contribution in [1.29, 1.82) is 0 Å². The Balaban J connectivity index is 1.72. The number of hydrogen-bond donors (Lipinski definition) is 3. The molecule has 0 unspecified atom stereocenters. The second kappa shape index (κ2) is 9.19. The molecule has 0 fully saturated rings. The quantitative estimate of drug-likeness (QED) is 0.378. The summed E-state index contributed by atoms with van der Waals surface area (Å²) < 4.78 is 0. The van der Waals surface area contributed by atoms with E-state index in [2.05, 4.69) is 15.6 Å². The molecule has 0 atom stereocenters. The molecule has 2 rings (SSSR count). The van der Waals surface area contributed by atoms with Crippen LogP contribution in [0.1, 0.15) is 5.56 Å². The van der Waals surface area contributed by atoms with Crippen molar-refractivity contribution in [3.63, 3.8) is 0 Å². The second-order valence-corrected chi connectivity index (χ2v) is 5.15. The molecule has 130 valence electrons. The molecule has 0 spiro atoms. The predicted molar refractivity (Wildman–Crippen MR) is 91.5 cm³/mol. The first kappa shape index (κ1) is 18.2. The Hall–Kier alpha value is -3.19. The monoisotopic (exact) mass is 342 g/mol. The summed E-state index contributed by atoms with van der Waals surface area (Å²) in [5.74, 6) is -2.21. The van der Waals surface area contributed by atoms with Gasteiger partial charge in [0.2, 0.25) is 5.91 Å². The molecule has 0 saturated heterocycles. The van der Waals surface area contributed by atoms with Crippen molar-refractivity contribution in [2.24, 2.45) is 0 Å². The zero-order valence-corrected chi connectivity index (χ0v) is 13.4. The Bertz CT molecular complexity index is 796. The molecule has 0 aliphatic carbocycles. The van der Waals surface area contributed by atoms with E-state index in [0.29, 0.717) is 6.08 Å². The third kappa shape index (κ3) is 6.08. The summed E-state index contributed by atoms with van der Waals surface area (Å²) in [4.78, 5) is 37.9. The summed E-state index contributed by atoms with van der Waals surface area (Å²) in [6.07, 6.45) is 1.72. The van der Waals surface area contributed by atoms with Crippen LogP contribution in [0, 0.1) is 0 Å². The summed E-state index contributed by atoms with van der Waals surface area (Å²) in [5.41, 5.74) is 3.29. The SMILES string of the molecule is O=C(O)/C=C\C(=O)ONCCNC(=O)Cc1cccc2ccccc12. The number of rotatable bonds is 8. The molecule has 0 heterocycles. The Labute approximate surface area is 144 Å². The summed E-state index contributed by atoms with van der Waals surface area (Å²) in [7, 11) is 0. The highest BCUT2D eigenvalue weighted by molar-refractivity contribution is 5.91. The molecular weight excluding hydrogens is 324 g/mol. The fraction of sp³-hybridized carbons (Fsp3) is 0.167. The van der Waals surface area contributed by atoms with Gasteiger partial charge in [-0.05, 0) is 16.3 Å². The van der Waals surface area contributed by atoms with Gasteiger partial charge in [-0.25, -0.2) is 9.59 Å². The van der Waals surface area contributed by atoms with Crippen molar-refractivity contribution in [2.75, 3.05) is 13.1 Å². The van der Waals surface area contributed by atoms with Crippen LogP contribution < -0.4 is 10.8 Å². The standard InChI is InChI=1S/C18H18N2O5/c21-16(19-10-11-20-25-18(24)9-8-17(22)23)12-14-6-3-5-13-4-1-2-7-15(13)14/h1-9,20H,10-12H2,(H,19,21)(H,22,23)/b9-8-. The lowest BCUT2D eigenvalue weighted by molar-refractivity contribution is -0.145. The number of hydroxylamine groups is 1. The zero-order valence-electron chi connectivity index (χ0n) is 13.4. The van der Waals surface area contributed by atoms with Crippen LogP contribution in [0.25, 0.3) is 10.8 Å². The molecule has 2 aromatic carbocycles. The molecule has 1 amide bonds. The van der Waals surface area contributed by atoms with E-state index in [1.807, 2.05) is 42.5 Å². The summed E-state index contributed by atoms with van der Waals surface area (Å²) in [6, 6.07) is 13.7. The normalized spacial score (nSPS) is 10.7. The van der Waals surface area contributed by atoms with Gasteiger partial charge in [-0.2, -0.15) is 5.48 Å². The highest BCUT2D eigenvalue weighted by Gasteiger charge is 2.06. The molecule has 0 radical (unpaired) electrons. The average molecular weight is 342 g/mol. The van der Waals surface area contributed by atoms with Crippen molar-refractivity contribution in [3.8, 4) is 0 Å². The van der Waals surface area contributed by atoms with Crippen LogP contribution in [0.3, 0.4) is 0 Å². The topological polar surface area (TPSA) is 105 Å². The molecule has 3 N–H and O–H groups in total. The average Bonchev–Trinajstić information content (AvgIpc) is 2.60. The molecule has 0 bridgehead atoms. The lowest BCUT2D eigenvalue weighted by Gasteiger charge is -2.08. The largest absolute Gasteiger partial charge is 0.478 e. The van der Waals surface area contributed by atoms with Gasteiger partial charge in [0.15, 0.2) is 0 Å². The number of carbonyl (C=O) groups is 3. The van der Waals surface area contributed by atoms with Gasteiger partial charge in [0, 0.05) is 25.2 Å². The van der Waals surface area contributed by atoms with Crippen molar-refractivity contribution in [1.82, 2.24) is 10.8 Å². The number of fused-ring (bicyclic) bond motifs is 1. The van der Waals surface area contributed by atoms with Crippen molar-refractivity contribution >= 4 is 28.6 Å². The number of benzene rings is 2. The van der Waals surface area contributed by atoms with Gasteiger partial charge < -0.3 is 15.3 Å². The van der Waals surface area contributed by atoms with Crippen LogP contribution in [0.15, 0.2) is 54.6 Å². The number of aliphatic carboxylic acids is 1. The predicted octanol–water partition coefficient (Wildman–Crippen LogP) is 1.19. The van der Waals surface area contributed by atoms with E-state index in [0.717, 1.165) is 22.4 Å². The number of carboxylic acids is 1. The van der Waals surface area contributed by atoms with Gasteiger partial charge in [0.1, 0.15) is 0 Å². The Morgan fingerprint density at radius 1 is 1.00 bits per heavy atom. The van der Waals surface area contributed by atoms with E-state index in [-0.39, 0.29) is 25.4 Å². The van der Waals surface area contributed by atoms with Gasteiger partial charge in [-0.15, -0.1) is 0 Å². The molecule has 0 saturated carbocycles. The first-order chi connectivity index (χ1) is 12.1. The van der Waals surface area contributed by atoms with E-state index >= 15 is 0 Å². The minimum atomic E-state index is -1.24. The Morgan fingerprint density at radius 3 is 2.56 bits per heavy atom. The fourth-order valence-corrected chi connectivity index (χ4v) is 2.23. The highest BCUT2D eigenvalue weighted by atomic mass is 16.7. The van der Waals surface area contributed by atoms with Crippen LogP contribution >= 0.6 is 0 Å². The molecule has 0 aromatic heterocycles. The van der Waals surface area contributed by atoms with Crippen LogP contribution in [-0.4, -0.2) is 36.0 Å². The maximum atomic E-state index is 12.0. The third-order valence-corrected chi connectivity index (χ3v) is 3.31. The molecular formula is C18H18N2O5. The molecule has 0 aliphatic rings. The Morgan fingerprint density at radius 2 is 1.76 bits per heavy atom. The number of amides is 1. The minimum Gasteiger partial charge on any atom is -0.478 e. The van der Waals surface area contributed by atoms with Crippen molar-refractivity contribution < 1.29 is 24.3 Å². The molecule has 0 aliphatic heterocycles. The van der Waals surface area contributed by atoms with Crippen molar-refractivity contribution in [3.05, 3.63) is 60.2 Å². The van der Waals surface area contributed by atoms with E-state index in [1.54, 1.807) is 0 Å². The number of hydrogen-bond acceptors (Lipinski definition) is 5. The van der Waals surface area contributed by atoms with E-state index < -0.39 is 11.9 Å². The minimum absolute atomic E-state index is 0.143. The maximum absolute atomic E-state index is 12.0. The number of nitrogens with one attached hydrogen (secondary N) is 2. The van der Waals surface area contributed by atoms with Crippen LogP contribution in [0.5, 0.6) is 0 Å². The first-order valence-corrected chi connectivity index (χ1v) is 7.64. The summed E-state index contributed by atoms with van der Waals surface area (Å²) in [6.45, 7) is 0.466. The van der Waals surface area contributed by atoms with E-state index in [9.17, 15) is 14.4 Å². The lowest BCUT2D eigenvalue weighted by atomic mass is 10.0.